The number of halogens is 1. The van der Waals surface area contributed by atoms with Gasteiger partial charge in [-0.05, 0) is 70.2 Å². The van der Waals surface area contributed by atoms with Gasteiger partial charge in [-0.3, -0.25) is 0 Å². The molecule has 1 aliphatic heterocycles. The lowest BCUT2D eigenvalue weighted by atomic mass is 9.73. The van der Waals surface area contributed by atoms with E-state index in [9.17, 15) is 9.65 Å². The average molecular weight is 394 g/mol. The molecule has 2 heterocycles. The van der Waals surface area contributed by atoms with Crippen LogP contribution >= 0.6 is 0 Å². The van der Waals surface area contributed by atoms with Crippen LogP contribution in [-0.4, -0.2) is 27.9 Å². The van der Waals surface area contributed by atoms with Crippen molar-refractivity contribution in [2.75, 3.05) is 6.61 Å². The molecule has 2 fully saturated rings. The molecule has 0 radical (unpaired) electrons. The van der Waals surface area contributed by atoms with Crippen molar-refractivity contribution >= 4 is 6.08 Å². The summed E-state index contributed by atoms with van der Waals surface area (Å²) in [5.74, 6) is 1.06. The standard InChI is InChI=1S/C24H28FN3O/c1-5-21-22(20-11-17(14-26)7-6-15(20)2)28(19-8-9-29-16(3)10-19)23(27-21)18-12-24(4,25)13-18/h5-7,11,16,18-19H,1,8-10,12-13H2,2-4H3/t16-,18?,19-,24?/m1/s1. The monoisotopic (exact) mass is 393 g/mol. The molecular weight excluding hydrogens is 365 g/mol. The highest BCUT2D eigenvalue weighted by atomic mass is 19.1. The van der Waals surface area contributed by atoms with Crippen LogP contribution in [0, 0.1) is 18.3 Å². The molecular formula is C24H28FN3O. The van der Waals surface area contributed by atoms with Crippen LogP contribution in [0.25, 0.3) is 17.3 Å². The molecule has 1 aliphatic carbocycles. The molecule has 4 nitrogen and oxygen atoms in total. The second-order valence-electron chi connectivity index (χ2n) is 8.80. The number of rotatable bonds is 4. The number of aromatic nitrogens is 2. The fourth-order valence-electron chi connectivity index (χ4n) is 4.84. The Morgan fingerprint density at radius 3 is 2.79 bits per heavy atom. The van der Waals surface area contributed by atoms with Crippen molar-refractivity contribution in [2.24, 2.45) is 0 Å². The van der Waals surface area contributed by atoms with E-state index < -0.39 is 5.67 Å². The molecule has 1 saturated carbocycles. The van der Waals surface area contributed by atoms with Gasteiger partial charge in [0.2, 0.25) is 0 Å². The average Bonchev–Trinajstić information content (AvgIpc) is 3.05. The summed E-state index contributed by atoms with van der Waals surface area (Å²) in [5.41, 5.74) is 3.40. The number of hydrogen-bond acceptors (Lipinski definition) is 3. The summed E-state index contributed by atoms with van der Waals surface area (Å²) in [7, 11) is 0. The van der Waals surface area contributed by atoms with E-state index in [0.717, 1.165) is 41.2 Å². The lowest BCUT2D eigenvalue weighted by Gasteiger charge is -2.40. The molecule has 4 rings (SSSR count). The molecule has 0 amide bonds. The van der Waals surface area contributed by atoms with Crippen molar-refractivity contribution in [2.45, 2.75) is 70.2 Å². The van der Waals surface area contributed by atoms with Gasteiger partial charge in [-0.15, -0.1) is 0 Å². The topological polar surface area (TPSA) is 50.8 Å². The van der Waals surface area contributed by atoms with Crippen molar-refractivity contribution in [1.29, 1.82) is 5.26 Å². The summed E-state index contributed by atoms with van der Waals surface area (Å²) >= 11 is 0. The highest BCUT2D eigenvalue weighted by Crippen LogP contribution is 2.49. The van der Waals surface area contributed by atoms with Gasteiger partial charge in [0, 0.05) is 24.1 Å². The Labute approximate surface area is 172 Å². The van der Waals surface area contributed by atoms with Gasteiger partial charge < -0.3 is 9.30 Å². The number of alkyl halides is 1. The Kier molecular flexibility index (Phi) is 5.08. The third-order valence-electron chi connectivity index (χ3n) is 6.31. The van der Waals surface area contributed by atoms with Gasteiger partial charge >= 0.3 is 0 Å². The largest absolute Gasteiger partial charge is 0.378 e. The van der Waals surface area contributed by atoms with E-state index in [1.165, 1.54) is 0 Å². The summed E-state index contributed by atoms with van der Waals surface area (Å²) < 4.78 is 22.4. The van der Waals surface area contributed by atoms with Crippen LogP contribution in [0.4, 0.5) is 4.39 Å². The highest BCUT2D eigenvalue weighted by molar-refractivity contribution is 5.74. The van der Waals surface area contributed by atoms with E-state index in [1.807, 2.05) is 18.2 Å². The molecule has 0 N–H and O–H groups in total. The van der Waals surface area contributed by atoms with Crippen LogP contribution in [0.5, 0.6) is 0 Å². The Morgan fingerprint density at radius 1 is 1.41 bits per heavy atom. The first-order valence-electron chi connectivity index (χ1n) is 10.4. The third-order valence-corrected chi connectivity index (χ3v) is 6.31. The molecule has 152 valence electrons. The van der Waals surface area contributed by atoms with E-state index in [-0.39, 0.29) is 18.1 Å². The number of nitriles is 1. The van der Waals surface area contributed by atoms with Gasteiger partial charge in [0.15, 0.2) is 0 Å². The molecule has 1 saturated heterocycles. The molecule has 2 aromatic rings. The van der Waals surface area contributed by atoms with Gasteiger partial charge in [-0.25, -0.2) is 9.37 Å². The Morgan fingerprint density at radius 2 is 2.17 bits per heavy atom. The van der Waals surface area contributed by atoms with Gasteiger partial charge in [0.1, 0.15) is 11.5 Å². The quantitative estimate of drug-likeness (QED) is 0.668. The minimum atomic E-state index is -1.12. The van der Waals surface area contributed by atoms with Gasteiger partial charge in [0.25, 0.3) is 0 Å². The third kappa shape index (κ3) is 3.62. The van der Waals surface area contributed by atoms with Crippen LogP contribution in [0.1, 0.15) is 74.1 Å². The lowest BCUT2D eigenvalue weighted by molar-refractivity contribution is 0.00338. The van der Waals surface area contributed by atoms with Crippen LogP contribution in [0.2, 0.25) is 0 Å². The number of ether oxygens (including phenoxy) is 1. The number of nitrogens with zero attached hydrogens (tertiary/aromatic N) is 3. The Hall–Kier alpha value is -2.45. The number of hydrogen-bond donors (Lipinski definition) is 0. The zero-order valence-corrected chi connectivity index (χ0v) is 17.4. The zero-order chi connectivity index (χ0) is 20.8. The summed E-state index contributed by atoms with van der Waals surface area (Å²) in [6, 6.07) is 8.23. The molecule has 0 spiro atoms. The van der Waals surface area contributed by atoms with Crippen LogP contribution in [0.15, 0.2) is 24.8 Å². The van der Waals surface area contributed by atoms with E-state index in [0.29, 0.717) is 25.0 Å². The van der Waals surface area contributed by atoms with Crippen molar-refractivity contribution in [3.63, 3.8) is 0 Å². The van der Waals surface area contributed by atoms with Crippen molar-refractivity contribution in [1.82, 2.24) is 9.55 Å². The first kappa shape index (κ1) is 19.8. The predicted molar refractivity (Wildman–Crippen MR) is 112 cm³/mol. The number of benzene rings is 1. The zero-order valence-electron chi connectivity index (χ0n) is 17.4. The first-order valence-corrected chi connectivity index (χ1v) is 10.4. The molecule has 2 aliphatic rings. The van der Waals surface area contributed by atoms with Gasteiger partial charge in [-0.2, -0.15) is 5.26 Å². The predicted octanol–water partition coefficient (Wildman–Crippen LogP) is 5.72. The van der Waals surface area contributed by atoms with Gasteiger partial charge in [-0.1, -0.05) is 12.6 Å². The number of aryl methyl sites for hydroxylation is 1. The van der Waals surface area contributed by atoms with Crippen molar-refractivity contribution in [3.05, 3.63) is 47.4 Å². The highest BCUT2D eigenvalue weighted by Gasteiger charge is 2.45. The minimum Gasteiger partial charge on any atom is -0.378 e. The first-order chi connectivity index (χ1) is 13.8. The fraction of sp³-hybridized carbons (Fsp3) is 0.500. The van der Waals surface area contributed by atoms with Crippen LogP contribution < -0.4 is 0 Å². The lowest BCUT2D eigenvalue weighted by Crippen LogP contribution is -2.37. The second kappa shape index (κ2) is 7.42. The second-order valence-corrected chi connectivity index (χ2v) is 8.80. The van der Waals surface area contributed by atoms with E-state index >= 15 is 0 Å². The Bertz CT molecular complexity index is 977. The Balaban J connectivity index is 1.91. The molecule has 5 heteroatoms. The summed E-state index contributed by atoms with van der Waals surface area (Å²) in [6.07, 6.45) is 4.73. The molecule has 1 aromatic heterocycles. The maximum Gasteiger partial charge on any atom is 0.113 e. The van der Waals surface area contributed by atoms with Crippen molar-refractivity contribution in [3.8, 4) is 17.3 Å². The maximum absolute atomic E-state index is 14.3. The number of imidazole rings is 1. The minimum absolute atomic E-state index is 0.107. The maximum atomic E-state index is 14.3. The SMILES string of the molecule is C=Cc1nc(C2CC(C)(F)C2)n([C@@H]2CCO[C@H](C)C2)c1-c1cc(C#N)ccc1C. The molecule has 0 unspecified atom stereocenters. The summed E-state index contributed by atoms with van der Waals surface area (Å²) in [6.45, 7) is 10.5. The van der Waals surface area contributed by atoms with E-state index in [4.69, 9.17) is 9.72 Å². The molecule has 0 bridgehead atoms. The molecule has 1 aromatic carbocycles. The van der Waals surface area contributed by atoms with E-state index in [2.05, 4.69) is 31.1 Å². The van der Waals surface area contributed by atoms with Crippen molar-refractivity contribution < 1.29 is 9.13 Å². The van der Waals surface area contributed by atoms with E-state index in [1.54, 1.807) is 13.0 Å². The smallest absolute Gasteiger partial charge is 0.113 e. The fourth-order valence-corrected chi connectivity index (χ4v) is 4.84. The van der Waals surface area contributed by atoms with Crippen LogP contribution in [0.3, 0.4) is 0 Å². The summed E-state index contributed by atoms with van der Waals surface area (Å²) in [4.78, 5) is 4.94. The van der Waals surface area contributed by atoms with Gasteiger partial charge in [0.05, 0.1) is 29.1 Å². The van der Waals surface area contributed by atoms with Crippen LogP contribution in [-0.2, 0) is 4.74 Å². The summed E-state index contributed by atoms with van der Waals surface area (Å²) in [5, 5.41) is 9.43. The normalized spacial score (nSPS) is 29.1. The molecule has 29 heavy (non-hydrogen) atoms. The molecule has 2 atom stereocenters.